The molecule has 110 valence electrons. The molecule has 0 bridgehead atoms. The molecule has 0 spiro atoms. The third kappa shape index (κ3) is 3.92. The largest absolute Gasteiger partial charge is 0.355 e. The molecule has 1 aromatic heterocycles. The molecule has 0 atom stereocenters. The average molecular weight is 276 g/mol. The standard InChI is InChI=1S/C15H24N4O/c1-11-7-9-19(10-8-11)13-6-5-12(17-18-13)14(20)16-15(2,3)4/h5-6,11H,7-10H2,1-4H3,(H,16,20). The molecule has 0 radical (unpaired) electrons. The third-order valence-electron chi connectivity index (χ3n) is 3.48. The number of hydrogen-bond donors (Lipinski definition) is 1. The summed E-state index contributed by atoms with van der Waals surface area (Å²) in [5.74, 6) is 1.48. The Balaban J connectivity index is 2.01. The minimum Gasteiger partial charge on any atom is -0.355 e. The Hall–Kier alpha value is -1.65. The van der Waals surface area contributed by atoms with Gasteiger partial charge in [-0.3, -0.25) is 4.79 Å². The number of piperidine rings is 1. The van der Waals surface area contributed by atoms with Gasteiger partial charge in [0.25, 0.3) is 5.91 Å². The summed E-state index contributed by atoms with van der Waals surface area (Å²) in [5, 5.41) is 11.1. The fourth-order valence-electron chi connectivity index (χ4n) is 2.26. The molecule has 1 aromatic rings. The molecule has 0 aromatic carbocycles. The van der Waals surface area contributed by atoms with Crippen LogP contribution in [0.15, 0.2) is 12.1 Å². The molecule has 2 heterocycles. The van der Waals surface area contributed by atoms with Crippen molar-refractivity contribution in [1.29, 1.82) is 0 Å². The van der Waals surface area contributed by atoms with Gasteiger partial charge in [-0.25, -0.2) is 0 Å². The Morgan fingerprint density at radius 3 is 2.40 bits per heavy atom. The smallest absolute Gasteiger partial charge is 0.272 e. The maximum absolute atomic E-state index is 12.0. The van der Waals surface area contributed by atoms with Gasteiger partial charge in [0.05, 0.1) is 0 Å². The highest BCUT2D eigenvalue weighted by atomic mass is 16.2. The van der Waals surface area contributed by atoms with Gasteiger partial charge in [0.15, 0.2) is 11.5 Å². The van der Waals surface area contributed by atoms with Crippen LogP contribution in [0.4, 0.5) is 5.82 Å². The lowest BCUT2D eigenvalue weighted by atomic mass is 9.99. The van der Waals surface area contributed by atoms with E-state index >= 15 is 0 Å². The van der Waals surface area contributed by atoms with Crippen molar-refractivity contribution in [3.8, 4) is 0 Å². The summed E-state index contributed by atoms with van der Waals surface area (Å²) in [6.07, 6.45) is 2.38. The quantitative estimate of drug-likeness (QED) is 0.900. The first-order chi connectivity index (χ1) is 9.35. The van der Waals surface area contributed by atoms with E-state index in [1.54, 1.807) is 6.07 Å². The number of carbonyl (C=O) groups excluding carboxylic acids is 1. The van der Waals surface area contributed by atoms with Crippen molar-refractivity contribution in [2.75, 3.05) is 18.0 Å². The Bertz CT molecular complexity index is 456. The van der Waals surface area contributed by atoms with Crippen molar-refractivity contribution in [2.45, 2.75) is 46.1 Å². The van der Waals surface area contributed by atoms with Crippen molar-refractivity contribution in [3.63, 3.8) is 0 Å². The minimum absolute atomic E-state index is 0.177. The number of aromatic nitrogens is 2. The van der Waals surface area contributed by atoms with Gasteiger partial charge in [-0.1, -0.05) is 6.92 Å². The SMILES string of the molecule is CC1CCN(c2ccc(C(=O)NC(C)(C)C)nn2)CC1. The van der Waals surface area contributed by atoms with E-state index in [1.807, 2.05) is 26.8 Å². The van der Waals surface area contributed by atoms with E-state index in [0.717, 1.165) is 24.8 Å². The van der Waals surface area contributed by atoms with Crippen LogP contribution in [0.5, 0.6) is 0 Å². The molecule has 1 aliphatic heterocycles. The Kier molecular flexibility index (Phi) is 4.26. The highest BCUT2D eigenvalue weighted by Gasteiger charge is 2.19. The van der Waals surface area contributed by atoms with E-state index in [-0.39, 0.29) is 11.4 Å². The lowest BCUT2D eigenvalue weighted by Gasteiger charge is -2.30. The van der Waals surface area contributed by atoms with Crippen molar-refractivity contribution in [3.05, 3.63) is 17.8 Å². The van der Waals surface area contributed by atoms with Crippen LogP contribution < -0.4 is 10.2 Å². The maximum atomic E-state index is 12.0. The molecule has 5 nitrogen and oxygen atoms in total. The highest BCUT2D eigenvalue weighted by Crippen LogP contribution is 2.20. The summed E-state index contributed by atoms with van der Waals surface area (Å²) in [4.78, 5) is 14.2. The van der Waals surface area contributed by atoms with Crippen LogP contribution in [0.1, 0.15) is 51.0 Å². The van der Waals surface area contributed by atoms with Crippen LogP contribution in [-0.4, -0.2) is 34.7 Å². The molecular formula is C15H24N4O. The maximum Gasteiger partial charge on any atom is 0.272 e. The van der Waals surface area contributed by atoms with Crippen LogP contribution in [0.25, 0.3) is 0 Å². The van der Waals surface area contributed by atoms with E-state index in [9.17, 15) is 4.79 Å². The van der Waals surface area contributed by atoms with Crippen molar-refractivity contribution in [1.82, 2.24) is 15.5 Å². The second kappa shape index (κ2) is 5.77. The first-order valence-electron chi connectivity index (χ1n) is 7.26. The molecule has 1 amide bonds. The van der Waals surface area contributed by atoms with Crippen LogP contribution in [0.2, 0.25) is 0 Å². The predicted octanol–water partition coefficient (Wildman–Crippen LogP) is 2.24. The number of nitrogens with zero attached hydrogens (tertiary/aromatic N) is 3. The average Bonchev–Trinajstić information content (AvgIpc) is 2.38. The van der Waals surface area contributed by atoms with E-state index < -0.39 is 0 Å². The third-order valence-corrected chi connectivity index (χ3v) is 3.48. The molecule has 5 heteroatoms. The predicted molar refractivity (Wildman–Crippen MR) is 79.9 cm³/mol. The van der Waals surface area contributed by atoms with Gasteiger partial charge in [0.1, 0.15) is 0 Å². The molecule has 1 saturated heterocycles. The second-order valence-corrected chi connectivity index (χ2v) is 6.65. The van der Waals surface area contributed by atoms with Gasteiger partial charge < -0.3 is 10.2 Å². The molecular weight excluding hydrogens is 252 g/mol. The molecule has 20 heavy (non-hydrogen) atoms. The van der Waals surface area contributed by atoms with Gasteiger partial charge in [-0.05, 0) is 51.7 Å². The number of carbonyl (C=O) groups is 1. The minimum atomic E-state index is -0.263. The van der Waals surface area contributed by atoms with Crippen molar-refractivity contribution < 1.29 is 4.79 Å². The van der Waals surface area contributed by atoms with E-state index in [1.165, 1.54) is 12.8 Å². The van der Waals surface area contributed by atoms with E-state index in [4.69, 9.17) is 0 Å². The topological polar surface area (TPSA) is 58.1 Å². The zero-order chi connectivity index (χ0) is 14.8. The van der Waals surface area contributed by atoms with Gasteiger partial charge in [-0.2, -0.15) is 0 Å². The number of amides is 1. The molecule has 2 rings (SSSR count). The summed E-state index contributed by atoms with van der Waals surface area (Å²) in [5.41, 5.74) is 0.106. The normalized spacial score (nSPS) is 17.1. The summed E-state index contributed by atoms with van der Waals surface area (Å²) < 4.78 is 0. The second-order valence-electron chi connectivity index (χ2n) is 6.65. The fraction of sp³-hybridized carbons (Fsp3) is 0.667. The number of anilines is 1. The van der Waals surface area contributed by atoms with Crippen LogP contribution in [0, 0.1) is 5.92 Å². The van der Waals surface area contributed by atoms with Gasteiger partial charge in [-0.15, -0.1) is 10.2 Å². The Morgan fingerprint density at radius 2 is 1.90 bits per heavy atom. The first-order valence-corrected chi connectivity index (χ1v) is 7.26. The van der Waals surface area contributed by atoms with E-state index in [0.29, 0.717) is 5.69 Å². The van der Waals surface area contributed by atoms with Crippen LogP contribution in [-0.2, 0) is 0 Å². The summed E-state index contributed by atoms with van der Waals surface area (Å²) >= 11 is 0. The summed E-state index contributed by atoms with van der Waals surface area (Å²) in [6, 6.07) is 3.64. The molecule has 1 N–H and O–H groups in total. The molecule has 1 aliphatic rings. The molecule has 0 aliphatic carbocycles. The summed E-state index contributed by atoms with van der Waals surface area (Å²) in [7, 11) is 0. The van der Waals surface area contributed by atoms with Crippen LogP contribution >= 0.6 is 0 Å². The zero-order valence-corrected chi connectivity index (χ0v) is 12.8. The van der Waals surface area contributed by atoms with E-state index in [2.05, 4.69) is 27.3 Å². The fourth-order valence-corrected chi connectivity index (χ4v) is 2.26. The van der Waals surface area contributed by atoms with Crippen LogP contribution in [0.3, 0.4) is 0 Å². The van der Waals surface area contributed by atoms with Gasteiger partial charge in [0, 0.05) is 18.6 Å². The number of rotatable bonds is 2. The molecule has 0 unspecified atom stereocenters. The van der Waals surface area contributed by atoms with Crippen molar-refractivity contribution in [2.24, 2.45) is 5.92 Å². The zero-order valence-electron chi connectivity index (χ0n) is 12.8. The first kappa shape index (κ1) is 14.8. The number of nitrogens with one attached hydrogen (secondary N) is 1. The molecule has 0 saturated carbocycles. The Labute approximate surface area is 120 Å². The van der Waals surface area contributed by atoms with Gasteiger partial charge >= 0.3 is 0 Å². The lowest BCUT2D eigenvalue weighted by Crippen LogP contribution is -2.41. The highest BCUT2D eigenvalue weighted by molar-refractivity contribution is 5.92. The monoisotopic (exact) mass is 276 g/mol. The molecule has 1 fully saturated rings. The Morgan fingerprint density at radius 1 is 1.25 bits per heavy atom. The lowest BCUT2D eigenvalue weighted by molar-refractivity contribution is 0.0913. The van der Waals surface area contributed by atoms with Gasteiger partial charge in [0.2, 0.25) is 0 Å². The summed E-state index contributed by atoms with van der Waals surface area (Å²) in [6.45, 7) is 10.2. The number of hydrogen-bond acceptors (Lipinski definition) is 4. The van der Waals surface area contributed by atoms with Crippen molar-refractivity contribution >= 4 is 11.7 Å².